The highest BCUT2D eigenvalue weighted by Gasteiger charge is 2.23. The Bertz CT molecular complexity index is 1450. The summed E-state index contributed by atoms with van der Waals surface area (Å²) in [4.78, 5) is 29.6. The number of aromatic nitrogens is 3. The van der Waals surface area contributed by atoms with Crippen molar-refractivity contribution in [3.63, 3.8) is 0 Å². The van der Waals surface area contributed by atoms with Crippen LogP contribution in [0.4, 0.5) is 8.78 Å². The Balaban J connectivity index is 1.12. The third-order valence-electron chi connectivity index (χ3n) is 7.97. The van der Waals surface area contributed by atoms with Crippen molar-refractivity contribution in [3.05, 3.63) is 88.9 Å². The van der Waals surface area contributed by atoms with E-state index >= 15 is 0 Å². The molecule has 1 amide bonds. The zero-order valence-electron chi connectivity index (χ0n) is 24.2. The van der Waals surface area contributed by atoms with E-state index in [9.17, 15) is 13.6 Å². The second-order valence-electron chi connectivity index (χ2n) is 10.7. The van der Waals surface area contributed by atoms with Gasteiger partial charge in [0.15, 0.2) is 5.82 Å². The molecule has 0 bridgehead atoms. The van der Waals surface area contributed by atoms with Gasteiger partial charge in [0, 0.05) is 50.6 Å². The number of carbonyl (C=O) groups is 1. The molecule has 0 spiro atoms. The van der Waals surface area contributed by atoms with Crippen molar-refractivity contribution in [3.8, 4) is 5.88 Å². The molecule has 4 aromatic rings. The minimum atomic E-state index is -2.46. The number of fused-ring (bicyclic) bond motifs is 1. The lowest BCUT2D eigenvalue weighted by molar-refractivity contribution is 0.0755. The second kappa shape index (κ2) is 13.8. The van der Waals surface area contributed by atoms with Crippen molar-refractivity contribution in [2.45, 2.75) is 45.2 Å². The monoisotopic (exact) mass is 576 g/mol. The van der Waals surface area contributed by atoms with E-state index in [0.717, 1.165) is 49.1 Å². The van der Waals surface area contributed by atoms with Crippen LogP contribution in [0.1, 0.15) is 65.0 Å². The number of imidazole rings is 1. The number of piperidine rings is 1. The number of amides is 1. The van der Waals surface area contributed by atoms with Crippen LogP contribution in [0.15, 0.2) is 60.8 Å². The lowest BCUT2D eigenvalue weighted by Gasteiger charge is -2.32. The van der Waals surface area contributed by atoms with Gasteiger partial charge in [-0.05, 0) is 67.6 Å². The first kappa shape index (κ1) is 29.6. The molecule has 0 saturated carbocycles. The molecule has 42 heavy (non-hydrogen) atoms. The van der Waals surface area contributed by atoms with Gasteiger partial charge in [0.1, 0.15) is 0 Å². The standard InChI is InChI=1S/C32H38F2N6O2/c1-3-40(17-14-35-19-22-4-7-25(8-5-22)30(33)34)32(41)31-37-27-10-9-26(18-28(27)38-31)24-12-15-39(16-13-24)21-23-6-11-29(42-2)36-20-23/h4-11,18,20,24,30,35H,3,12-17,19,21H2,1-2H3,(H,37,38). The van der Waals surface area contributed by atoms with Gasteiger partial charge >= 0.3 is 0 Å². The molecule has 2 N–H and O–H groups in total. The summed E-state index contributed by atoms with van der Waals surface area (Å²) in [6.07, 6.45) is 1.56. The molecule has 0 radical (unpaired) electrons. The second-order valence-corrected chi connectivity index (χ2v) is 10.7. The summed E-state index contributed by atoms with van der Waals surface area (Å²) in [5.74, 6) is 1.30. The van der Waals surface area contributed by atoms with Gasteiger partial charge in [0.05, 0.1) is 18.1 Å². The number of likely N-dealkylation sites (N-methyl/N-ethyl adjacent to an activating group) is 1. The molecule has 5 rings (SSSR count). The summed E-state index contributed by atoms with van der Waals surface area (Å²) >= 11 is 0. The first-order valence-corrected chi connectivity index (χ1v) is 14.5. The lowest BCUT2D eigenvalue weighted by Crippen LogP contribution is -2.37. The summed E-state index contributed by atoms with van der Waals surface area (Å²) in [6, 6.07) is 16.5. The smallest absolute Gasteiger partial charge is 0.289 e. The van der Waals surface area contributed by atoms with Crippen LogP contribution in [-0.4, -0.2) is 70.5 Å². The third kappa shape index (κ3) is 7.30. The van der Waals surface area contributed by atoms with Gasteiger partial charge in [-0.1, -0.05) is 36.4 Å². The molecule has 1 saturated heterocycles. The number of hydrogen-bond acceptors (Lipinski definition) is 6. The zero-order valence-corrected chi connectivity index (χ0v) is 24.2. The van der Waals surface area contributed by atoms with Crippen LogP contribution in [0.2, 0.25) is 0 Å². The maximum Gasteiger partial charge on any atom is 0.289 e. The molecule has 0 aliphatic carbocycles. The van der Waals surface area contributed by atoms with Gasteiger partial charge in [0.2, 0.25) is 5.88 Å². The summed E-state index contributed by atoms with van der Waals surface area (Å²) < 4.78 is 30.6. The van der Waals surface area contributed by atoms with Gasteiger partial charge in [-0.25, -0.2) is 18.7 Å². The zero-order chi connectivity index (χ0) is 29.5. The predicted octanol–water partition coefficient (Wildman–Crippen LogP) is 5.54. The Hall–Kier alpha value is -3.89. The highest BCUT2D eigenvalue weighted by molar-refractivity contribution is 5.94. The van der Waals surface area contributed by atoms with Gasteiger partial charge in [-0.2, -0.15) is 0 Å². The molecule has 1 aliphatic rings. The van der Waals surface area contributed by atoms with E-state index in [2.05, 4.69) is 43.4 Å². The van der Waals surface area contributed by atoms with Crippen molar-refractivity contribution in [1.82, 2.24) is 30.1 Å². The van der Waals surface area contributed by atoms with E-state index in [0.29, 0.717) is 43.8 Å². The number of carbonyl (C=O) groups excluding carboxylic acids is 1. The number of halogens is 2. The SMILES string of the molecule is CCN(CCNCc1ccc(C(F)F)cc1)C(=O)c1nc2ccc(C3CCN(Cc4ccc(OC)nc4)CC3)cc2[nH]1. The Morgan fingerprint density at radius 2 is 1.88 bits per heavy atom. The number of likely N-dealkylation sites (tertiary alicyclic amines) is 1. The molecule has 8 nitrogen and oxygen atoms in total. The van der Waals surface area contributed by atoms with E-state index in [1.165, 1.54) is 23.3 Å². The molecular weight excluding hydrogens is 538 g/mol. The largest absolute Gasteiger partial charge is 0.481 e. The number of pyridine rings is 1. The van der Waals surface area contributed by atoms with Crippen LogP contribution < -0.4 is 10.1 Å². The van der Waals surface area contributed by atoms with Crippen molar-refractivity contribution in [1.29, 1.82) is 0 Å². The van der Waals surface area contributed by atoms with Crippen molar-refractivity contribution >= 4 is 16.9 Å². The Morgan fingerprint density at radius 1 is 1.12 bits per heavy atom. The fraction of sp³-hybridized carbons (Fsp3) is 0.406. The van der Waals surface area contributed by atoms with Crippen LogP contribution >= 0.6 is 0 Å². The van der Waals surface area contributed by atoms with Gasteiger partial charge < -0.3 is 19.9 Å². The van der Waals surface area contributed by atoms with Crippen LogP contribution in [0.25, 0.3) is 11.0 Å². The Kier molecular flexibility index (Phi) is 9.76. The van der Waals surface area contributed by atoms with Crippen molar-refractivity contribution in [2.24, 2.45) is 0 Å². The third-order valence-corrected chi connectivity index (χ3v) is 7.97. The number of benzene rings is 2. The quantitative estimate of drug-likeness (QED) is 0.216. The fourth-order valence-corrected chi connectivity index (χ4v) is 5.47. The van der Waals surface area contributed by atoms with E-state index in [4.69, 9.17) is 4.74 Å². The summed E-state index contributed by atoms with van der Waals surface area (Å²) in [7, 11) is 1.62. The molecule has 0 atom stereocenters. The number of hydrogen-bond donors (Lipinski definition) is 2. The minimum absolute atomic E-state index is 0.0172. The number of H-pyrrole nitrogens is 1. The molecule has 2 aromatic carbocycles. The maximum atomic E-state index is 13.2. The first-order chi connectivity index (χ1) is 20.4. The normalized spacial score (nSPS) is 14.5. The molecule has 222 valence electrons. The number of ether oxygens (including phenoxy) is 1. The summed E-state index contributed by atoms with van der Waals surface area (Å²) in [5.41, 5.74) is 5.06. The molecule has 3 heterocycles. The van der Waals surface area contributed by atoms with Crippen LogP contribution in [0, 0.1) is 0 Å². The van der Waals surface area contributed by atoms with Crippen molar-refractivity contribution < 1.29 is 18.3 Å². The van der Waals surface area contributed by atoms with Gasteiger partial charge in [-0.3, -0.25) is 9.69 Å². The molecule has 1 aliphatic heterocycles. The van der Waals surface area contributed by atoms with E-state index in [1.807, 2.05) is 25.3 Å². The number of aromatic amines is 1. The maximum absolute atomic E-state index is 13.2. The first-order valence-electron chi connectivity index (χ1n) is 14.5. The molecule has 0 unspecified atom stereocenters. The molecular formula is C32H38F2N6O2. The van der Waals surface area contributed by atoms with Crippen LogP contribution in [0.3, 0.4) is 0 Å². The van der Waals surface area contributed by atoms with Crippen LogP contribution in [-0.2, 0) is 13.1 Å². The summed E-state index contributed by atoms with van der Waals surface area (Å²) in [6.45, 7) is 7.04. The molecule has 2 aromatic heterocycles. The Labute approximate surface area is 245 Å². The van der Waals surface area contributed by atoms with Crippen molar-refractivity contribution in [2.75, 3.05) is 39.8 Å². The van der Waals surface area contributed by atoms with E-state index in [1.54, 1.807) is 24.1 Å². The van der Waals surface area contributed by atoms with E-state index < -0.39 is 6.43 Å². The van der Waals surface area contributed by atoms with E-state index in [-0.39, 0.29) is 11.5 Å². The fourth-order valence-electron chi connectivity index (χ4n) is 5.47. The number of rotatable bonds is 12. The van der Waals surface area contributed by atoms with Gasteiger partial charge in [0.25, 0.3) is 12.3 Å². The minimum Gasteiger partial charge on any atom is -0.481 e. The Morgan fingerprint density at radius 3 is 2.55 bits per heavy atom. The average molecular weight is 577 g/mol. The topological polar surface area (TPSA) is 86.4 Å². The number of methoxy groups -OCH3 is 1. The predicted molar refractivity (Wildman–Crippen MR) is 159 cm³/mol. The highest BCUT2D eigenvalue weighted by atomic mass is 19.3. The number of nitrogens with one attached hydrogen (secondary N) is 2. The lowest BCUT2D eigenvalue weighted by atomic mass is 9.89. The number of alkyl halides is 2. The number of nitrogens with zero attached hydrogens (tertiary/aromatic N) is 4. The average Bonchev–Trinajstić information content (AvgIpc) is 3.45. The summed E-state index contributed by atoms with van der Waals surface area (Å²) in [5, 5.41) is 3.29. The molecule has 1 fully saturated rings. The van der Waals surface area contributed by atoms with Gasteiger partial charge in [-0.15, -0.1) is 0 Å². The van der Waals surface area contributed by atoms with Crippen LogP contribution in [0.5, 0.6) is 5.88 Å². The molecule has 10 heteroatoms. The highest BCUT2D eigenvalue weighted by Crippen LogP contribution is 2.30.